The van der Waals surface area contributed by atoms with Gasteiger partial charge in [-0.15, -0.1) is 0 Å². The fraction of sp³-hybridized carbons (Fsp3) is 0.300. The van der Waals surface area contributed by atoms with Crippen LogP contribution in [0, 0.1) is 17.0 Å². The van der Waals surface area contributed by atoms with Crippen LogP contribution >= 0.6 is 15.9 Å². The predicted octanol–water partition coefficient (Wildman–Crippen LogP) is 2.43. The molecule has 0 aliphatic heterocycles. The number of rotatable bonds is 4. The van der Waals surface area contributed by atoms with Gasteiger partial charge in [-0.25, -0.2) is 0 Å². The topological polar surface area (TPSA) is 80.4 Å². The molecule has 0 amide bonds. The summed E-state index contributed by atoms with van der Waals surface area (Å²) in [7, 11) is 0. The molecule has 1 N–H and O–H groups in total. The highest BCUT2D eigenvalue weighted by molar-refractivity contribution is 9.08. The Hall–Kier alpha value is -1.43. The summed E-state index contributed by atoms with van der Waals surface area (Å²) in [5, 5.41) is 19.9. The van der Waals surface area contributed by atoms with Crippen molar-refractivity contribution in [1.29, 1.82) is 0 Å². The lowest BCUT2D eigenvalue weighted by Crippen LogP contribution is -2.07. The molecule has 0 spiro atoms. The van der Waals surface area contributed by atoms with E-state index in [4.69, 9.17) is 5.11 Å². The van der Waals surface area contributed by atoms with Gasteiger partial charge in [-0.2, -0.15) is 0 Å². The molecule has 0 aromatic heterocycles. The van der Waals surface area contributed by atoms with Crippen molar-refractivity contribution in [3.63, 3.8) is 0 Å². The van der Waals surface area contributed by atoms with Crippen LogP contribution in [0.2, 0.25) is 0 Å². The van der Waals surface area contributed by atoms with E-state index in [1.807, 2.05) is 0 Å². The van der Waals surface area contributed by atoms with Gasteiger partial charge in [0, 0.05) is 17.0 Å². The molecule has 0 fully saturated rings. The normalized spacial score (nSPS) is 10.1. The summed E-state index contributed by atoms with van der Waals surface area (Å²) in [6, 6.07) is 3.14. The zero-order valence-electron chi connectivity index (χ0n) is 8.57. The van der Waals surface area contributed by atoms with Crippen LogP contribution in [-0.2, 0) is 16.5 Å². The highest BCUT2D eigenvalue weighted by Crippen LogP contribution is 2.26. The number of alkyl halides is 1. The number of nitrogens with zero attached hydrogens (tertiary/aromatic N) is 1. The van der Waals surface area contributed by atoms with Crippen molar-refractivity contribution < 1.29 is 14.8 Å². The van der Waals surface area contributed by atoms with E-state index in [1.54, 1.807) is 13.0 Å². The Morgan fingerprint density at radius 2 is 2.19 bits per heavy atom. The third-order valence-electron chi connectivity index (χ3n) is 2.13. The number of nitro groups is 1. The lowest BCUT2D eigenvalue weighted by molar-refractivity contribution is -0.385. The van der Waals surface area contributed by atoms with Gasteiger partial charge in [0.1, 0.15) is 0 Å². The molecule has 1 rings (SSSR count). The average Bonchev–Trinajstić information content (AvgIpc) is 2.19. The molecule has 0 radical (unpaired) electrons. The first kappa shape index (κ1) is 12.6. The first-order valence-corrected chi connectivity index (χ1v) is 5.62. The molecule has 1 aromatic carbocycles. The van der Waals surface area contributed by atoms with Gasteiger partial charge in [0.2, 0.25) is 0 Å². The van der Waals surface area contributed by atoms with Gasteiger partial charge in [-0.3, -0.25) is 14.9 Å². The zero-order valence-corrected chi connectivity index (χ0v) is 10.2. The van der Waals surface area contributed by atoms with E-state index in [0.29, 0.717) is 10.9 Å². The Balaban J connectivity index is 3.38. The van der Waals surface area contributed by atoms with E-state index in [-0.39, 0.29) is 17.7 Å². The molecule has 0 saturated carbocycles. The van der Waals surface area contributed by atoms with Gasteiger partial charge >= 0.3 is 5.97 Å². The number of carboxylic acids is 1. The summed E-state index contributed by atoms with van der Waals surface area (Å²) in [6.07, 6.45) is -0.336. The lowest BCUT2D eigenvalue weighted by Gasteiger charge is -2.07. The SMILES string of the molecule is Cc1cc(CBr)c(CC(=O)O)c([N+](=O)[O-])c1. The molecule has 0 unspecified atom stereocenters. The Bertz CT molecular complexity index is 445. The molecule has 0 atom stereocenters. The number of benzene rings is 1. The van der Waals surface area contributed by atoms with Crippen molar-refractivity contribution in [3.8, 4) is 0 Å². The molecule has 0 aliphatic rings. The molecule has 0 bridgehead atoms. The van der Waals surface area contributed by atoms with E-state index in [1.165, 1.54) is 6.07 Å². The van der Waals surface area contributed by atoms with Crippen molar-refractivity contribution >= 4 is 27.6 Å². The summed E-state index contributed by atoms with van der Waals surface area (Å²) in [5.41, 5.74) is 1.53. The molecule has 0 heterocycles. The molecule has 5 nitrogen and oxygen atoms in total. The molecular weight excluding hydrogens is 278 g/mol. The maximum atomic E-state index is 10.8. The van der Waals surface area contributed by atoms with Crippen molar-refractivity contribution in [2.75, 3.05) is 0 Å². The summed E-state index contributed by atoms with van der Waals surface area (Å²) < 4.78 is 0. The number of hydrogen-bond donors (Lipinski definition) is 1. The minimum atomic E-state index is -1.07. The Morgan fingerprint density at radius 1 is 1.56 bits per heavy atom. The van der Waals surface area contributed by atoms with Crippen LogP contribution in [0.3, 0.4) is 0 Å². The van der Waals surface area contributed by atoms with Crippen LogP contribution < -0.4 is 0 Å². The van der Waals surface area contributed by atoms with Gasteiger partial charge in [-0.05, 0) is 18.1 Å². The molecule has 0 aliphatic carbocycles. The van der Waals surface area contributed by atoms with Crippen LogP contribution in [-0.4, -0.2) is 16.0 Å². The number of nitro benzene ring substituents is 1. The van der Waals surface area contributed by atoms with E-state index in [9.17, 15) is 14.9 Å². The van der Waals surface area contributed by atoms with Gasteiger partial charge < -0.3 is 5.11 Å². The van der Waals surface area contributed by atoms with Gasteiger partial charge in [0.15, 0.2) is 0 Å². The summed E-state index contributed by atoms with van der Waals surface area (Å²) in [5.74, 6) is -1.07. The number of carboxylic acid groups (broad SMARTS) is 1. The second-order valence-electron chi connectivity index (χ2n) is 3.38. The first-order valence-electron chi connectivity index (χ1n) is 4.50. The van der Waals surface area contributed by atoms with Crippen LogP contribution in [0.4, 0.5) is 5.69 Å². The van der Waals surface area contributed by atoms with E-state index >= 15 is 0 Å². The van der Waals surface area contributed by atoms with Gasteiger partial charge in [-0.1, -0.05) is 22.0 Å². The molecule has 6 heteroatoms. The minimum Gasteiger partial charge on any atom is -0.481 e. The van der Waals surface area contributed by atoms with Crippen molar-refractivity contribution in [3.05, 3.63) is 38.9 Å². The fourth-order valence-corrected chi connectivity index (χ4v) is 2.01. The number of aryl methyl sites for hydroxylation is 1. The quantitative estimate of drug-likeness (QED) is 0.524. The summed E-state index contributed by atoms with van der Waals surface area (Å²) in [4.78, 5) is 20.9. The third-order valence-corrected chi connectivity index (χ3v) is 2.74. The molecule has 86 valence electrons. The van der Waals surface area contributed by atoms with Crippen LogP contribution in [0.25, 0.3) is 0 Å². The average molecular weight is 288 g/mol. The van der Waals surface area contributed by atoms with E-state index in [0.717, 1.165) is 5.56 Å². The fourth-order valence-electron chi connectivity index (χ4n) is 1.51. The number of aliphatic carboxylic acids is 1. The number of halogens is 1. The van der Waals surface area contributed by atoms with Crippen LogP contribution in [0.15, 0.2) is 12.1 Å². The largest absolute Gasteiger partial charge is 0.481 e. The smallest absolute Gasteiger partial charge is 0.308 e. The summed E-state index contributed by atoms with van der Waals surface area (Å²) >= 11 is 3.20. The first-order chi connectivity index (χ1) is 7.45. The number of carbonyl (C=O) groups is 1. The minimum absolute atomic E-state index is 0.128. The van der Waals surface area contributed by atoms with Crippen molar-refractivity contribution in [2.45, 2.75) is 18.7 Å². The molecule has 16 heavy (non-hydrogen) atoms. The second-order valence-corrected chi connectivity index (χ2v) is 3.94. The maximum Gasteiger partial charge on any atom is 0.308 e. The Kier molecular flexibility index (Phi) is 4.00. The summed E-state index contributed by atoms with van der Waals surface area (Å²) in [6.45, 7) is 1.74. The highest BCUT2D eigenvalue weighted by Gasteiger charge is 2.20. The Labute approximate surface area is 100 Å². The lowest BCUT2D eigenvalue weighted by atomic mass is 10.0. The van der Waals surface area contributed by atoms with Crippen molar-refractivity contribution in [2.24, 2.45) is 0 Å². The van der Waals surface area contributed by atoms with Gasteiger partial charge in [0.05, 0.1) is 11.3 Å². The molecular formula is C10H10BrNO4. The standard InChI is InChI=1S/C10H10BrNO4/c1-6-2-7(5-11)8(4-10(13)14)9(3-6)12(15)16/h2-3H,4-5H2,1H3,(H,13,14). The second kappa shape index (κ2) is 5.07. The van der Waals surface area contributed by atoms with Crippen molar-refractivity contribution in [1.82, 2.24) is 0 Å². The van der Waals surface area contributed by atoms with Gasteiger partial charge in [0.25, 0.3) is 5.69 Å². The van der Waals surface area contributed by atoms with E-state index < -0.39 is 10.9 Å². The third kappa shape index (κ3) is 2.79. The highest BCUT2D eigenvalue weighted by atomic mass is 79.9. The van der Waals surface area contributed by atoms with Crippen LogP contribution in [0.5, 0.6) is 0 Å². The van der Waals surface area contributed by atoms with E-state index in [2.05, 4.69) is 15.9 Å². The monoisotopic (exact) mass is 287 g/mol. The molecule has 1 aromatic rings. The predicted molar refractivity (Wildman–Crippen MR) is 61.8 cm³/mol. The van der Waals surface area contributed by atoms with Crippen LogP contribution in [0.1, 0.15) is 16.7 Å². The number of hydrogen-bond acceptors (Lipinski definition) is 3. The zero-order chi connectivity index (χ0) is 12.3. The Morgan fingerprint density at radius 3 is 2.62 bits per heavy atom. The maximum absolute atomic E-state index is 10.8. The molecule has 0 saturated heterocycles.